The van der Waals surface area contributed by atoms with Crippen molar-refractivity contribution < 1.29 is 33.3 Å². The summed E-state index contributed by atoms with van der Waals surface area (Å²) in [5.41, 5.74) is -0.260. The van der Waals surface area contributed by atoms with Gasteiger partial charge in [0.05, 0.1) is 32.7 Å². The van der Waals surface area contributed by atoms with E-state index in [-0.39, 0.29) is 55.6 Å². The van der Waals surface area contributed by atoms with E-state index in [9.17, 15) is 14.4 Å². The van der Waals surface area contributed by atoms with Gasteiger partial charge in [-0.25, -0.2) is 0 Å². The molecule has 0 aromatic carbocycles. The van der Waals surface area contributed by atoms with E-state index in [0.29, 0.717) is 25.9 Å². The van der Waals surface area contributed by atoms with Crippen molar-refractivity contribution >= 4 is 30.4 Å². The topological polar surface area (TPSA) is 88.1 Å². The van der Waals surface area contributed by atoms with Gasteiger partial charge in [0, 0.05) is 12.8 Å². The summed E-state index contributed by atoms with van der Waals surface area (Å²) in [6.45, 7) is 4.15. The van der Waals surface area contributed by atoms with E-state index in [0.717, 1.165) is 0 Å². The Morgan fingerprint density at radius 3 is 2.17 bits per heavy atom. The second kappa shape index (κ2) is 10.7. The molecule has 24 heavy (non-hydrogen) atoms. The van der Waals surface area contributed by atoms with Crippen LogP contribution in [0.1, 0.15) is 52.4 Å². The fourth-order valence-electron chi connectivity index (χ4n) is 2.06. The summed E-state index contributed by atoms with van der Waals surface area (Å²) in [6.07, 6.45) is 2.14. The predicted molar refractivity (Wildman–Crippen MR) is 88.5 cm³/mol. The molecule has 2 unspecified atom stereocenters. The van der Waals surface area contributed by atoms with Crippen LogP contribution in [0, 0.1) is 0 Å². The summed E-state index contributed by atoms with van der Waals surface area (Å²) < 4.78 is 21.0. The second-order valence-corrected chi connectivity index (χ2v) is 6.44. The molecule has 1 aliphatic rings. The van der Waals surface area contributed by atoms with E-state index in [1.807, 2.05) is 0 Å². The molecule has 2 atom stereocenters. The largest absolute Gasteiger partial charge is 0.466 e. The fourth-order valence-corrected chi connectivity index (χ4v) is 2.36. The summed E-state index contributed by atoms with van der Waals surface area (Å²) in [5.74, 6) is -1.51. The van der Waals surface area contributed by atoms with Crippen LogP contribution in [0.2, 0.25) is 0 Å². The highest BCUT2D eigenvalue weighted by atomic mass is 32.1. The van der Waals surface area contributed by atoms with E-state index >= 15 is 0 Å². The highest BCUT2D eigenvalue weighted by Crippen LogP contribution is 2.29. The van der Waals surface area contributed by atoms with Gasteiger partial charge in [-0.2, -0.15) is 0 Å². The normalized spacial score (nSPS) is 23.0. The van der Waals surface area contributed by atoms with Crippen LogP contribution in [0.25, 0.3) is 0 Å². The van der Waals surface area contributed by atoms with Crippen molar-refractivity contribution in [3.63, 3.8) is 0 Å². The highest BCUT2D eigenvalue weighted by Gasteiger charge is 2.35. The van der Waals surface area contributed by atoms with Gasteiger partial charge in [-0.3, -0.25) is 9.59 Å². The first-order valence-corrected chi connectivity index (χ1v) is 8.63. The number of ketones is 1. The third-order valence-electron chi connectivity index (χ3n) is 3.45. The van der Waals surface area contributed by atoms with E-state index in [2.05, 4.69) is 12.6 Å². The van der Waals surface area contributed by atoms with Crippen LogP contribution in [-0.2, 0) is 33.3 Å². The molecular formula is C16H26O7S. The minimum absolute atomic E-state index is 0.0361. The van der Waals surface area contributed by atoms with E-state index < -0.39 is 5.79 Å². The molecule has 1 rings (SSSR count). The Kier molecular flexibility index (Phi) is 9.31. The summed E-state index contributed by atoms with van der Waals surface area (Å²) in [7, 11) is 0. The summed E-state index contributed by atoms with van der Waals surface area (Å²) >= 11 is 4.16. The lowest BCUT2D eigenvalue weighted by molar-refractivity contribution is -0.163. The van der Waals surface area contributed by atoms with Crippen LogP contribution in [-0.4, -0.2) is 48.8 Å². The van der Waals surface area contributed by atoms with Crippen LogP contribution in [0.15, 0.2) is 0 Å². The molecule has 0 N–H and O–H groups in total. The number of carbonyl (C=O) groups is 3. The minimum atomic E-state index is -0.778. The van der Waals surface area contributed by atoms with Gasteiger partial charge in [0.25, 0.3) is 0 Å². The molecule has 0 aromatic heterocycles. The maximum absolute atomic E-state index is 11.6. The van der Waals surface area contributed by atoms with Crippen LogP contribution < -0.4 is 0 Å². The number of hydrogen-bond donors (Lipinski definition) is 1. The molecule has 1 saturated heterocycles. The van der Waals surface area contributed by atoms with Gasteiger partial charge in [-0.15, -0.1) is 12.6 Å². The van der Waals surface area contributed by atoms with Gasteiger partial charge in [0.2, 0.25) is 0 Å². The lowest BCUT2D eigenvalue weighted by Crippen LogP contribution is -2.27. The zero-order valence-corrected chi connectivity index (χ0v) is 15.1. The number of esters is 2. The highest BCUT2D eigenvalue weighted by molar-refractivity contribution is 7.80. The predicted octanol–water partition coefficient (Wildman–Crippen LogP) is 2.02. The molecule has 0 aromatic rings. The standard InChI is InChI=1S/C16H26O7S/c1-12(17)5-6-13(18)20-9-3-4-10-21-14(19)7-8-16(2)22-11-15(24)23-16/h15,24H,3-11H2,1-2H3. The van der Waals surface area contributed by atoms with Crippen LogP contribution in [0.4, 0.5) is 0 Å². The maximum atomic E-state index is 11.6. The first kappa shape index (κ1) is 20.9. The average molecular weight is 362 g/mol. The van der Waals surface area contributed by atoms with Crippen molar-refractivity contribution in [1.82, 2.24) is 0 Å². The molecule has 0 spiro atoms. The molecule has 1 aliphatic heterocycles. The number of thiol groups is 1. The Hall–Kier alpha value is -1.12. The first-order valence-electron chi connectivity index (χ1n) is 8.11. The summed E-state index contributed by atoms with van der Waals surface area (Å²) in [4.78, 5) is 33.6. The van der Waals surface area contributed by atoms with E-state index in [4.69, 9.17) is 18.9 Å². The number of rotatable bonds is 11. The van der Waals surface area contributed by atoms with Crippen molar-refractivity contribution in [2.24, 2.45) is 0 Å². The molecular weight excluding hydrogens is 336 g/mol. The summed E-state index contributed by atoms with van der Waals surface area (Å²) in [6, 6.07) is 0. The number of unbranched alkanes of at least 4 members (excludes halogenated alkanes) is 1. The third-order valence-corrected chi connectivity index (χ3v) is 3.70. The number of Topliss-reactive ketones (excluding diaryl/α,β-unsaturated/α-hetero) is 1. The smallest absolute Gasteiger partial charge is 0.306 e. The quantitative estimate of drug-likeness (QED) is 0.342. The Bertz CT molecular complexity index is 440. The van der Waals surface area contributed by atoms with Gasteiger partial charge >= 0.3 is 11.9 Å². The molecule has 0 amide bonds. The molecule has 0 aliphatic carbocycles. The van der Waals surface area contributed by atoms with Crippen molar-refractivity contribution in [3.8, 4) is 0 Å². The Balaban J connectivity index is 1.98. The molecule has 0 bridgehead atoms. The fraction of sp³-hybridized carbons (Fsp3) is 0.812. The zero-order valence-electron chi connectivity index (χ0n) is 14.2. The molecule has 0 radical (unpaired) electrons. The van der Waals surface area contributed by atoms with Gasteiger partial charge in [-0.1, -0.05) is 0 Å². The van der Waals surface area contributed by atoms with Crippen LogP contribution in [0.3, 0.4) is 0 Å². The van der Waals surface area contributed by atoms with Gasteiger partial charge < -0.3 is 23.7 Å². The van der Waals surface area contributed by atoms with Gasteiger partial charge in [0.15, 0.2) is 5.79 Å². The van der Waals surface area contributed by atoms with Crippen LogP contribution in [0.5, 0.6) is 0 Å². The molecule has 8 heteroatoms. The maximum Gasteiger partial charge on any atom is 0.306 e. The monoisotopic (exact) mass is 362 g/mol. The van der Waals surface area contributed by atoms with Gasteiger partial charge in [-0.05, 0) is 26.7 Å². The molecule has 7 nitrogen and oxygen atoms in total. The summed E-state index contributed by atoms with van der Waals surface area (Å²) in [5, 5.41) is 0. The first-order chi connectivity index (χ1) is 11.3. The number of ether oxygens (including phenoxy) is 4. The van der Waals surface area contributed by atoms with Crippen molar-refractivity contribution in [2.45, 2.75) is 63.6 Å². The molecule has 1 heterocycles. The van der Waals surface area contributed by atoms with E-state index in [1.54, 1.807) is 6.92 Å². The second-order valence-electron chi connectivity index (χ2n) is 5.87. The Labute approximate surface area is 147 Å². The minimum Gasteiger partial charge on any atom is -0.466 e. The number of hydrogen-bond acceptors (Lipinski definition) is 8. The molecule has 1 fully saturated rings. The lowest BCUT2D eigenvalue weighted by atomic mass is 10.2. The SMILES string of the molecule is CC(=O)CCC(=O)OCCCCOC(=O)CCC1(C)OCC(S)O1. The number of carbonyl (C=O) groups excluding carboxylic acids is 3. The van der Waals surface area contributed by atoms with E-state index in [1.165, 1.54) is 6.92 Å². The molecule has 138 valence electrons. The lowest BCUT2D eigenvalue weighted by Gasteiger charge is -2.21. The zero-order chi connectivity index (χ0) is 18.0. The van der Waals surface area contributed by atoms with Crippen molar-refractivity contribution in [3.05, 3.63) is 0 Å². The average Bonchev–Trinajstić information content (AvgIpc) is 2.86. The third kappa shape index (κ3) is 9.24. The van der Waals surface area contributed by atoms with Gasteiger partial charge in [0.1, 0.15) is 11.2 Å². The Morgan fingerprint density at radius 2 is 1.67 bits per heavy atom. The molecule has 0 saturated carbocycles. The van der Waals surface area contributed by atoms with Crippen molar-refractivity contribution in [1.29, 1.82) is 0 Å². The Morgan fingerprint density at radius 1 is 1.08 bits per heavy atom. The van der Waals surface area contributed by atoms with Crippen LogP contribution >= 0.6 is 12.6 Å². The van der Waals surface area contributed by atoms with Crippen molar-refractivity contribution in [2.75, 3.05) is 19.8 Å².